The van der Waals surface area contributed by atoms with E-state index in [0.717, 1.165) is 183 Å². The van der Waals surface area contributed by atoms with Crippen LogP contribution in [-0.4, -0.2) is 0 Å². The van der Waals surface area contributed by atoms with E-state index in [4.69, 9.17) is 0 Å². The predicted octanol–water partition coefficient (Wildman–Crippen LogP) is 19.9. The maximum Gasteiger partial charge on any atom is -0.0326 e. The van der Waals surface area contributed by atoms with Crippen molar-refractivity contribution in [3.05, 3.63) is 0 Å². The monoisotopic (exact) mass is 881 g/mol. The topological polar surface area (TPSA) is 0 Å². The highest BCUT2D eigenvalue weighted by Gasteiger charge is 2.55. The van der Waals surface area contributed by atoms with Crippen LogP contribution in [0.25, 0.3) is 0 Å². The highest BCUT2D eigenvalue weighted by Crippen LogP contribution is 2.62. The molecule has 0 heteroatoms. The molecule has 0 aromatic heterocycles. The number of hydrogen-bond acceptors (Lipinski definition) is 0. The van der Waals surface area contributed by atoms with Crippen molar-refractivity contribution < 1.29 is 0 Å². The molecule has 0 saturated heterocycles. The fourth-order valence-corrected chi connectivity index (χ4v) is 15.6. The molecule has 0 aliphatic heterocycles. The SMILES string of the molecule is CCC1CC2CC(C(C)C(C)C(C)C(C)C(C)C(C)C(C)C(C)C(C)C(C)C(C)C(C)C(C)C(C)C(C)C(C)C(C)C(C)C(C)C(C)C(C)C(C)C(C)C(C)C(C)C(C)C(C)C)C12. The smallest absolute Gasteiger partial charge is 0.0326 e. The summed E-state index contributed by atoms with van der Waals surface area (Å²) >= 11 is 0. The zero-order chi connectivity index (χ0) is 49.0. The third-order valence-electron chi connectivity index (χ3n) is 25.7. The van der Waals surface area contributed by atoms with Crippen molar-refractivity contribution in [1.82, 2.24) is 0 Å². The average molecular weight is 882 g/mol. The van der Waals surface area contributed by atoms with Crippen molar-refractivity contribution in [2.45, 2.75) is 220 Å². The minimum atomic E-state index is 0.720. The second kappa shape index (κ2) is 25.0. The lowest BCUT2D eigenvalue weighted by Gasteiger charge is -2.61. The molecular weight excluding hydrogens is 757 g/mol. The molecule has 2 rings (SSSR count). The summed E-state index contributed by atoms with van der Waals surface area (Å²) in [5.41, 5.74) is 0. The van der Waals surface area contributed by atoms with Gasteiger partial charge in [0.2, 0.25) is 0 Å². The maximum absolute atomic E-state index is 2.63. The van der Waals surface area contributed by atoms with Crippen LogP contribution in [0.1, 0.15) is 220 Å². The first kappa shape index (κ1) is 59.1. The Balaban J connectivity index is 2.00. The molecule has 0 N–H and O–H groups in total. The van der Waals surface area contributed by atoms with Crippen molar-refractivity contribution in [1.29, 1.82) is 0 Å². The summed E-state index contributed by atoms with van der Waals surface area (Å²) in [6.07, 6.45) is 4.48. The van der Waals surface area contributed by atoms with E-state index in [2.05, 4.69) is 201 Å². The molecule has 0 radical (unpaired) electrons. The Morgan fingerprint density at radius 2 is 0.444 bits per heavy atom. The van der Waals surface area contributed by atoms with Gasteiger partial charge in [0.15, 0.2) is 0 Å². The number of rotatable bonds is 28. The fourth-order valence-electron chi connectivity index (χ4n) is 15.6. The van der Waals surface area contributed by atoms with E-state index in [9.17, 15) is 0 Å². The van der Waals surface area contributed by atoms with Crippen LogP contribution in [0, 0.1) is 183 Å². The van der Waals surface area contributed by atoms with Crippen LogP contribution in [0.5, 0.6) is 0 Å². The van der Waals surface area contributed by atoms with Gasteiger partial charge < -0.3 is 0 Å². The van der Waals surface area contributed by atoms with Gasteiger partial charge >= 0.3 is 0 Å². The highest BCUT2D eigenvalue weighted by molar-refractivity contribution is 5.04. The Labute approximate surface area is 401 Å². The Hall–Kier alpha value is 0. The van der Waals surface area contributed by atoms with Gasteiger partial charge in [0.25, 0.3) is 0 Å². The Morgan fingerprint density at radius 3 is 0.619 bits per heavy atom. The van der Waals surface area contributed by atoms with Gasteiger partial charge in [-0.1, -0.05) is 207 Å². The van der Waals surface area contributed by atoms with E-state index in [1.807, 2.05) is 0 Å². The van der Waals surface area contributed by atoms with E-state index >= 15 is 0 Å². The van der Waals surface area contributed by atoms with Gasteiger partial charge in [0.1, 0.15) is 0 Å². The van der Waals surface area contributed by atoms with Crippen LogP contribution < -0.4 is 0 Å². The number of fused-ring (bicyclic) bond motifs is 1. The second-order valence-corrected chi connectivity index (χ2v) is 27.2. The van der Waals surface area contributed by atoms with Crippen LogP contribution in [-0.2, 0) is 0 Å². The Bertz CT molecular complexity index is 1260. The third kappa shape index (κ3) is 13.2. The summed E-state index contributed by atoms with van der Waals surface area (Å²) in [5, 5.41) is 0. The molecule has 30 atom stereocenters. The fraction of sp³-hybridized carbons (Fsp3) is 1.00. The molecule has 2 aliphatic carbocycles. The summed E-state index contributed by atoms with van der Waals surface area (Å²) in [6, 6.07) is 0. The Kier molecular flexibility index (Phi) is 23.5. The van der Waals surface area contributed by atoms with Gasteiger partial charge in [-0.05, 0) is 196 Å². The molecule has 0 heterocycles. The zero-order valence-electron chi connectivity index (χ0n) is 49.0. The van der Waals surface area contributed by atoms with Gasteiger partial charge in [0, 0.05) is 0 Å². The van der Waals surface area contributed by atoms with E-state index in [1.165, 1.54) is 19.3 Å². The first-order valence-electron chi connectivity index (χ1n) is 28.9. The molecule has 63 heavy (non-hydrogen) atoms. The lowest BCUT2D eigenvalue weighted by molar-refractivity contribution is -0.126. The predicted molar refractivity (Wildman–Crippen MR) is 287 cm³/mol. The van der Waals surface area contributed by atoms with Crippen molar-refractivity contribution in [3.63, 3.8) is 0 Å². The van der Waals surface area contributed by atoms with Gasteiger partial charge in [-0.3, -0.25) is 0 Å². The molecule has 0 bridgehead atoms. The van der Waals surface area contributed by atoms with Gasteiger partial charge in [0.05, 0.1) is 0 Å². The lowest BCUT2D eigenvalue weighted by Crippen LogP contribution is -2.54. The molecule has 376 valence electrons. The molecular formula is C63H124. The van der Waals surface area contributed by atoms with E-state index in [1.54, 1.807) is 0 Å². The van der Waals surface area contributed by atoms with Crippen LogP contribution >= 0.6 is 0 Å². The Morgan fingerprint density at radius 1 is 0.254 bits per heavy atom. The molecule has 30 unspecified atom stereocenters. The number of hydrogen-bond donors (Lipinski definition) is 0. The van der Waals surface area contributed by atoms with Crippen LogP contribution in [0.2, 0.25) is 0 Å². The van der Waals surface area contributed by atoms with Gasteiger partial charge in [-0.15, -0.1) is 0 Å². The zero-order valence-corrected chi connectivity index (χ0v) is 49.0. The highest BCUT2D eigenvalue weighted by atomic mass is 14.6. The standard InChI is InChI=1S/C63H124/c1-30-60-31-61-32-62(63(60)61)59(29)58(28)57(27)56(26)55(25)54(24)53(23)52(22)51(21)50(20)49(19)48(18)47(17)46(16)45(15)44(14)43(13)42(12)41(11)40(10)39(9)38(8)37(7)36(6)35(5)34(4)33(2)3/h33-63H,30-32H2,1-29H3. The van der Waals surface area contributed by atoms with Crippen LogP contribution in [0.4, 0.5) is 0 Å². The van der Waals surface area contributed by atoms with E-state index in [-0.39, 0.29) is 0 Å². The van der Waals surface area contributed by atoms with E-state index in [0.29, 0.717) is 0 Å². The molecule has 0 aromatic rings. The van der Waals surface area contributed by atoms with Crippen LogP contribution in [0.3, 0.4) is 0 Å². The van der Waals surface area contributed by atoms with Crippen molar-refractivity contribution in [2.75, 3.05) is 0 Å². The lowest BCUT2D eigenvalue weighted by atomic mass is 9.44. The van der Waals surface area contributed by atoms with Gasteiger partial charge in [-0.2, -0.15) is 0 Å². The quantitative estimate of drug-likeness (QED) is 0.0734. The summed E-state index contributed by atoms with van der Waals surface area (Å²) in [7, 11) is 0. The molecule has 0 spiro atoms. The molecule has 2 saturated carbocycles. The summed E-state index contributed by atoms with van der Waals surface area (Å²) in [4.78, 5) is 0. The largest absolute Gasteiger partial charge is 0.0651 e. The minimum absolute atomic E-state index is 0.720. The molecule has 2 aliphatic rings. The minimum Gasteiger partial charge on any atom is -0.0651 e. The molecule has 2 fully saturated rings. The summed E-state index contributed by atoms with van der Waals surface area (Å²) < 4.78 is 0. The molecule has 0 aromatic carbocycles. The summed E-state index contributed by atoms with van der Waals surface area (Å²) in [5.74, 6) is 24.4. The average Bonchev–Trinajstić information content (AvgIpc) is 3.27. The van der Waals surface area contributed by atoms with Crippen molar-refractivity contribution in [3.8, 4) is 0 Å². The second-order valence-electron chi connectivity index (χ2n) is 27.2. The first-order chi connectivity index (χ1) is 28.9. The van der Waals surface area contributed by atoms with Crippen molar-refractivity contribution in [2.24, 2.45) is 183 Å². The maximum atomic E-state index is 2.63. The van der Waals surface area contributed by atoms with Gasteiger partial charge in [-0.25, -0.2) is 0 Å². The molecule has 0 nitrogen and oxygen atoms in total. The first-order valence-corrected chi connectivity index (χ1v) is 28.9. The normalized spacial score (nSPS) is 31.9. The van der Waals surface area contributed by atoms with Crippen molar-refractivity contribution >= 4 is 0 Å². The van der Waals surface area contributed by atoms with E-state index < -0.39 is 0 Å². The van der Waals surface area contributed by atoms with Crippen LogP contribution in [0.15, 0.2) is 0 Å². The third-order valence-corrected chi connectivity index (χ3v) is 25.7. The summed E-state index contributed by atoms with van der Waals surface area (Å²) in [6.45, 7) is 75.0. The molecule has 0 amide bonds.